The molecule has 6 heteroatoms. The van der Waals surface area contributed by atoms with Crippen LogP contribution in [0.1, 0.15) is 17.5 Å². The number of aliphatic hydroxyl groups is 1. The van der Waals surface area contributed by atoms with Gasteiger partial charge in [-0.3, -0.25) is 0 Å². The van der Waals surface area contributed by atoms with Gasteiger partial charge >= 0.3 is 6.18 Å². The van der Waals surface area contributed by atoms with Crippen molar-refractivity contribution in [1.82, 2.24) is 0 Å². The van der Waals surface area contributed by atoms with Crippen LogP contribution in [0.5, 0.6) is 5.75 Å². The lowest BCUT2D eigenvalue weighted by Crippen LogP contribution is -2.07. The van der Waals surface area contributed by atoms with E-state index in [0.29, 0.717) is 12.0 Å². The second kappa shape index (κ2) is 5.60. The fourth-order valence-corrected chi connectivity index (χ4v) is 1.81. The molecule has 96 valence electrons. The largest absolute Gasteiger partial charge is 0.495 e. The van der Waals surface area contributed by atoms with E-state index in [1.165, 1.54) is 7.11 Å². The van der Waals surface area contributed by atoms with Crippen molar-refractivity contribution in [3.05, 3.63) is 28.3 Å². The van der Waals surface area contributed by atoms with Crippen LogP contribution in [-0.2, 0) is 12.6 Å². The second-order valence-corrected chi connectivity index (χ2v) is 3.88. The average molecular weight is 269 g/mol. The monoisotopic (exact) mass is 268 g/mol. The van der Waals surface area contributed by atoms with E-state index < -0.39 is 11.7 Å². The molecule has 0 unspecified atom stereocenters. The third-order valence-electron chi connectivity index (χ3n) is 2.26. The molecule has 0 heterocycles. The molecule has 1 aromatic rings. The molecule has 17 heavy (non-hydrogen) atoms. The molecule has 1 aromatic carbocycles. The standard InChI is InChI=1S/C11H12ClF3O2/c1-17-10-7(3-2-4-16)5-8(6-9(10)12)11(13,14)15/h5-6,16H,2-4H2,1H3. The highest BCUT2D eigenvalue weighted by atomic mass is 35.5. The van der Waals surface area contributed by atoms with Crippen molar-refractivity contribution in [2.75, 3.05) is 13.7 Å². The molecule has 2 nitrogen and oxygen atoms in total. The molecule has 0 amide bonds. The van der Waals surface area contributed by atoms with Crippen LogP contribution >= 0.6 is 11.6 Å². The second-order valence-electron chi connectivity index (χ2n) is 3.48. The molecule has 0 saturated heterocycles. The molecule has 1 rings (SSSR count). The Morgan fingerprint density at radius 2 is 2.00 bits per heavy atom. The highest BCUT2D eigenvalue weighted by Gasteiger charge is 2.32. The van der Waals surface area contributed by atoms with Crippen molar-refractivity contribution in [2.24, 2.45) is 0 Å². The van der Waals surface area contributed by atoms with Gasteiger partial charge in [-0.2, -0.15) is 13.2 Å². The fourth-order valence-electron chi connectivity index (χ4n) is 1.50. The molecule has 0 atom stereocenters. The van der Waals surface area contributed by atoms with Crippen LogP contribution in [0.3, 0.4) is 0 Å². The van der Waals surface area contributed by atoms with Crippen LogP contribution < -0.4 is 4.74 Å². The summed E-state index contributed by atoms with van der Waals surface area (Å²) in [6.45, 7) is -0.100. The van der Waals surface area contributed by atoms with E-state index in [1.54, 1.807) is 0 Å². The van der Waals surface area contributed by atoms with Gasteiger partial charge in [0.1, 0.15) is 5.75 Å². The number of aliphatic hydroxyl groups excluding tert-OH is 1. The van der Waals surface area contributed by atoms with Crippen molar-refractivity contribution >= 4 is 11.6 Å². The Morgan fingerprint density at radius 1 is 1.35 bits per heavy atom. The van der Waals surface area contributed by atoms with Gasteiger partial charge in [-0.25, -0.2) is 0 Å². The first-order valence-electron chi connectivity index (χ1n) is 4.94. The fraction of sp³-hybridized carbons (Fsp3) is 0.455. The van der Waals surface area contributed by atoms with Crippen molar-refractivity contribution in [3.8, 4) is 5.75 Å². The molecular formula is C11H12ClF3O2. The topological polar surface area (TPSA) is 29.5 Å². The summed E-state index contributed by atoms with van der Waals surface area (Å²) < 4.78 is 42.6. The number of rotatable bonds is 4. The van der Waals surface area contributed by atoms with Gasteiger partial charge in [-0.05, 0) is 30.5 Å². The maximum absolute atomic E-state index is 12.6. The van der Waals surface area contributed by atoms with Gasteiger partial charge in [0.25, 0.3) is 0 Å². The van der Waals surface area contributed by atoms with E-state index in [0.717, 1.165) is 12.1 Å². The van der Waals surface area contributed by atoms with E-state index in [2.05, 4.69) is 0 Å². The SMILES string of the molecule is COc1c(Cl)cc(C(F)(F)F)cc1CCCO. The zero-order valence-corrected chi connectivity index (χ0v) is 9.90. The number of methoxy groups -OCH3 is 1. The van der Waals surface area contributed by atoms with Crippen LogP contribution in [-0.4, -0.2) is 18.8 Å². The minimum absolute atomic E-state index is 0.0738. The maximum Gasteiger partial charge on any atom is 0.416 e. The number of aryl methyl sites for hydroxylation is 1. The Bertz CT molecular complexity index is 391. The number of halogens is 4. The quantitative estimate of drug-likeness (QED) is 0.908. The van der Waals surface area contributed by atoms with Gasteiger partial charge in [0.15, 0.2) is 0 Å². The summed E-state index contributed by atoms with van der Waals surface area (Å²) in [5, 5.41) is 8.62. The minimum Gasteiger partial charge on any atom is -0.495 e. The Hall–Kier alpha value is -0.940. The summed E-state index contributed by atoms with van der Waals surface area (Å²) in [4.78, 5) is 0. The first-order valence-corrected chi connectivity index (χ1v) is 5.32. The van der Waals surface area contributed by atoms with E-state index in [1.807, 2.05) is 0 Å². The Balaban J connectivity index is 3.19. The lowest BCUT2D eigenvalue weighted by atomic mass is 10.0. The zero-order valence-electron chi connectivity index (χ0n) is 9.14. The van der Waals surface area contributed by atoms with Crippen LogP contribution in [0.2, 0.25) is 5.02 Å². The lowest BCUT2D eigenvalue weighted by molar-refractivity contribution is -0.137. The molecule has 0 aromatic heterocycles. The molecule has 0 radical (unpaired) electrons. The van der Waals surface area contributed by atoms with Crippen molar-refractivity contribution in [1.29, 1.82) is 0 Å². The Morgan fingerprint density at radius 3 is 2.47 bits per heavy atom. The number of ether oxygens (including phenoxy) is 1. The number of hydrogen-bond donors (Lipinski definition) is 1. The summed E-state index contributed by atoms with van der Waals surface area (Å²) in [5.41, 5.74) is -0.461. The highest BCUT2D eigenvalue weighted by molar-refractivity contribution is 6.32. The molecule has 0 bridgehead atoms. The summed E-state index contributed by atoms with van der Waals surface area (Å²) in [6, 6.07) is 1.84. The molecule has 0 aliphatic heterocycles. The van der Waals surface area contributed by atoms with Gasteiger partial charge in [-0.15, -0.1) is 0 Å². The first kappa shape index (κ1) is 14.1. The number of hydrogen-bond acceptors (Lipinski definition) is 2. The van der Waals surface area contributed by atoms with Crippen LogP contribution in [0.15, 0.2) is 12.1 Å². The van der Waals surface area contributed by atoms with Crippen LogP contribution in [0.25, 0.3) is 0 Å². The van der Waals surface area contributed by atoms with Gasteiger partial charge in [0.05, 0.1) is 17.7 Å². The predicted molar refractivity (Wildman–Crippen MR) is 58.4 cm³/mol. The summed E-state index contributed by atoms with van der Waals surface area (Å²) in [6.07, 6.45) is -3.80. The highest BCUT2D eigenvalue weighted by Crippen LogP contribution is 2.37. The van der Waals surface area contributed by atoms with Crippen LogP contribution in [0, 0.1) is 0 Å². The molecule has 0 saturated carbocycles. The molecule has 0 aliphatic carbocycles. The summed E-state index contributed by atoms with van der Waals surface area (Å²) >= 11 is 5.73. The zero-order chi connectivity index (χ0) is 13.1. The summed E-state index contributed by atoms with van der Waals surface area (Å²) in [5.74, 6) is 0.230. The van der Waals surface area contributed by atoms with Gasteiger partial charge in [-0.1, -0.05) is 11.6 Å². The Labute approximate surface area is 102 Å². The van der Waals surface area contributed by atoms with E-state index in [9.17, 15) is 13.2 Å². The normalized spacial score (nSPS) is 11.6. The van der Waals surface area contributed by atoms with Crippen molar-refractivity contribution in [3.63, 3.8) is 0 Å². The molecule has 0 fully saturated rings. The van der Waals surface area contributed by atoms with Gasteiger partial charge in [0, 0.05) is 6.61 Å². The predicted octanol–water partition coefficient (Wildman–Crippen LogP) is 3.29. The van der Waals surface area contributed by atoms with E-state index >= 15 is 0 Å². The molecule has 0 spiro atoms. The first-order chi connectivity index (χ1) is 7.90. The van der Waals surface area contributed by atoms with Gasteiger partial charge in [0.2, 0.25) is 0 Å². The van der Waals surface area contributed by atoms with Crippen molar-refractivity contribution < 1.29 is 23.0 Å². The third kappa shape index (κ3) is 3.51. The number of alkyl halides is 3. The lowest BCUT2D eigenvalue weighted by Gasteiger charge is -2.14. The maximum atomic E-state index is 12.6. The van der Waals surface area contributed by atoms with Crippen LogP contribution in [0.4, 0.5) is 13.2 Å². The van der Waals surface area contributed by atoms with Crippen molar-refractivity contribution in [2.45, 2.75) is 19.0 Å². The average Bonchev–Trinajstić information content (AvgIpc) is 2.24. The third-order valence-corrected chi connectivity index (χ3v) is 2.54. The molecule has 1 N–H and O–H groups in total. The molecular weight excluding hydrogens is 257 g/mol. The number of benzene rings is 1. The Kier molecular flexibility index (Phi) is 4.65. The smallest absolute Gasteiger partial charge is 0.416 e. The van der Waals surface area contributed by atoms with Gasteiger partial charge < -0.3 is 9.84 Å². The minimum atomic E-state index is -4.44. The van der Waals surface area contributed by atoms with E-state index in [4.69, 9.17) is 21.4 Å². The van der Waals surface area contributed by atoms with E-state index in [-0.39, 0.29) is 23.8 Å². The summed E-state index contributed by atoms with van der Waals surface area (Å²) in [7, 11) is 1.34. The molecule has 0 aliphatic rings.